The van der Waals surface area contributed by atoms with Crippen molar-refractivity contribution in [3.8, 4) is 0 Å². The number of rotatable bonds is 1. The molecule has 18 heavy (non-hydrogen) atoms. The van der Waals surface area contributed by atoms with Crippen LogP contribution in [0.15, 0.2) is 12.2 Å². The highest BCUT2D eigenvalue weighted by molar-refractivity contribution is 5.72. The molecule has 0 aromatic carbocycles. The number of hydrogen-bond acceptors (Lipinski definition) is 4. The molecule has 4 nitrogen and oxygen atoms in total. The summed E-state index contributed by atoms with van der Waals surface area (Å²) in [5.41, 5.74) is -0.241. The van der Waals surface area contributed by atoms with E-state index in [1.807, 2.05) is 0 Å². The molecule has 2 fully saturated rings. The van der Waals surface area contributed by atoms with Gasteiger partial charge in [-0.25, -0.2) is 0 Å². The van der Waals surface area contributed by atoms with Crippen LogP contribution in [0.25, 0.3) is 0 Å². The predicted molar refractivity (Wildman–Crippen MR) is 64.8 cm³/mol. The lowest BCUT2D eigenvalue weighted by Crippen LogP contribution is -2.37. The van der Waals surface area contributed by atoms with E-state index in [-0.39, 0.29) is 23.6 Å². The zero-order valence-electron chi connectivity index (χ0n) is 11.0. The first-order valence-corrected chi connectivity index (χ1v) is 6.66. The van der Waals surface area contributed by atoms with Crippen LogP contribution >= 0.6 is 0 Å². The summed E-state index contributed by atoms with van der Waals surface area (Å²) in [5, 5.41) is 0. The van der Waals surface area contributed by atoms with E-state index in [4.69, 9.17) is 14.2 Å². The molecule has 0 radical (unpaired) electrons. The van der Waals surface area contributed by atoms with Gasteiger partial charge in [0.1, 0.15) is 6.10 Å². The summed E-state index contributed by atoms with van der Waals surface area (Å²) in [6.07, 6.45) is 8.01. The van der Waals surface area contributed by atoms with Crippen LogP contribution in [0, 0.1) is 5.92 Å². The van der Waals surface area contributed by atoms with Crippen LogP contribution in [0.1, 0.15) is 39.0 Å². The van der Waals surface area contributed by atoms with Crippen molar-refractivity contribution in [1.29, 1.82) is 0 Å². The molecule has 0 spiro atoms. The van der Waals surface area contributed by atoms with E-state index < -0.39 is 5.79 Å². The van der Waals surface area contributed by atoms with Gasteiger partial charge in [0.15, 0.2) is 5.79 Å². The fourth-order valence-corrected chi connectivity index (χ4v) is 3.38. The normalized spacial score (nSPS) is 48.9. The quantitative estimate of drug-likeness (QED) is 0.530. The predicted octanol–water partition coefficient (Wildman–Crippen LogP) is 2.18. The lowest BCUT2D eigenvalue weighted by Gasteiger charge is -2.32. The van der Waals surface area contributed by atoms with Gasteiger partial charge in [0.25, 0.3) is 0 Å². The summed E-state index contributed by atoms with van der Waals surface area (Å²) in [6, 6.07) is 0. The highest BCUT2D eigenvalue weighted by Crippen LogP contribution is 2.46. The SMILES string of the molecule is CO[C@@]12C/C=C\[C@@H]3CC(=O)O[C@@H]3C[C@@](C)(CC1)O2. The van der Waals surface area contributed by atoms with Crippen molar-refractivity contribution in [2.45, 2.75) is 56.5 Å². The van der Waals surface area contributed by atoms with Gasteiger partial charge in [0.05, 0.1) is 12.0 Å². The zero-order valence-corrected chi connectivity index (χ0v) is 11.0. The van der Waals surface area contributed by atoms with E-state index in [2.05, 4.69) is 19.1 Å². The number of fused-ring (bicyclic) bond motifs is 3. The van der Waals surface area contributed by atoms with Crippen molar-refractivity contribution in [3.05, 3.63) is 12.2 Å². The van der Waals surface area contributed by atoms with Gasteiger partial charge >= 0.3 is 5.97 Å². The second-order valence-corrected chi connectivity index (χ2v) is 5.90. The molecule has 3 aliphatic rings. The summed E-state index contributed by atoms with van der Waals surface area (Å²) in [6.45, 7) is 2.10. The minimum atomic E-state index is -0.478. The van der Waals surface area contributed by atoms with Gasteiger partial charge in [-0.05, 0) is 13.3 Å². The van der Waals surface area contributed by atoms with Gasteiger partial charge in [-0.1, -0.05) is 12.2 Å². The molecule has 3 rings (SSSR count). The van der Waals surface area contributed by atoms with Gasteiger partial charge in [-0.15, -0.1) is 0 Å². The molecule has 0 aliphatic carbocycles. The Labute approximate surface area is 107 Å². The van der Waals surface area contributed by atoms with E-state index in [0.29, 0.717) is 6.42 Å². The number of esters is 1. The maximum atomic E-state index is 11.4. The van der Waals surface area contributed by atoms with E-state index in [0.717, 1.165) is 25.7 Å². The molecule has 0 unspecified atom stereocenters. The van der Waals surface area contributed by atoms with Crippen LogP contribution in [-0.2, 0) is 19.0 Å². The lowest BCUT2D eigenvalue weighted by molar-refractivity contribution is -0.237. The monoisotopic (exact) mass is 252 g/mol. The van der Waals surface area contributed by atoms with Crippen molar-refractivity contribution < 1.29 is 19.0 Å². The highest BCUT2D eigenvalue weighted by Gasteiger charge is 2.50. The van der Waals surface area contributed by atoms with Gasteiger partial charge < -0.3 is 14.2 Å². The van der Waals surface area contributed by atoms with Crippen molar-refractivity contribution in [2.24, 2.45) is 5.92 Å². The Morgan fingerprint density at radius 1 is 1.44 bits per heavy atom. The molecule has 100 valence electrons. The molecule has 4 atom stereocenters. The Hall–Kier alpha value is -0.870. The first kappa shape index (κ1) is 12.2. The number of ether oxygens (including phenoxy) is 3. The summed E-state index contributed by atoms with van der Waals surface area (Å²) in [7, 11) is 1.71. The van der Waals surface area contributed by atoms with Gasteiger partial charge in [-0.3, -0.25) is 4.79 Å². The first-order chi connectivity index (χ1) is 8.54. The third-order valence-corrected chi connectivity index (χ3v) is 4.45. The highest BCUT2D eigenvalue weighted by atomic mass is 16.7. The molecule has 4 heteroatoms. The Bertz CT molecular complexity index is 391. The van der Waals surface area contributed by atoms with Gasteiger partial charge in [0, 0.05) is 32.3 Å². The van der Waals surface area contributed by atoms with E-state index in [1.165, 1.54) is 0 Å². The van der Waals surface area contributed by atoms with E-state index in [9.17, 15) is 4.79 Å². The molecule has 2 bridgehead atoms. The number of hydrogen-bond donors (Lipinski definition) is 0. The minimum Gasteiger partial charge on any atom is -0.462 e. The fraction of sp³-hybridized carbons (Fsp3) is 0.786. The van der Waals surface area contributed by atoms with Gasteiger partial charge in [0.2, 0.25) is 0 Å². The maximum Gasteiger partial charge on any atom is 0.306 e. The Morgan fingerprint density at radius 3 is 3.06 bits per heavy atom. The largest absolute Gasteiger partial charge is 0.462 e. The number of carbonyl (C=O) groups is 1. The molecule has 0 aromatic heterocycles. The average Bonchev–Trinajstić information content (AvgIpc) is 2.83. The standard InChI is InChI=1S/C14H20O4/c1-13-6-7-14(16-2,18-13)5-3-4-10-8-12(15)17-11(10)9-13/h3-4,10-11H,5-9H2,1-2H3/b4-3-/t10-,11-,13-,14-/m1/s1. The summed E-state index contributed by atoms with van der Waals surface area (Å²) < 4.78 is 17.2. The van der Waals surface area contributed by atoms with E-state index >= 15 is 0 Å². The topological polar surface area (TPSA) is 44.8 Å². The van der Waals surface area contributed by atoms with Crippen molar-refractivity contribution in [1.82, 2.24) is 0 Å². The summed E-state index contributed by atoms with van der Waals surface area (Å²) in [5.74, 6) is -0.366. The van der Waals surface area contributed by atoms with Crippen molar-refractivity contribution >= 4 is 5.97 Å². The molecule has 3 heterocycles. The molecule has 2 saturated heterocycles. The van der Waals surface area contributed by atoms with Gasteiger partial charge in [-0.2, -0.15) is 0 Å². The number of methoxy groups -OCH3 is 1. The smallest absolute Gasteiger partial charge is 0.306 e. The molecule has 0 N–H and O–H groups in total. The minimum absolute atomic E-state index is 0.0375. The van der Waals surface area contributed by atoms with Crippen LogP contribution in [0.5, 0.6) is 0 Å². The van der Waals surface area contributed by atoms with Crippen LogP contribution in [0.4, 0.5) is 0 Å². The second kappa shape index (κ2) is 4.07. The van der Waals surface area contributed by atoms with Crippen LogP contribution in [-0.4, -0.2) is 30.6 Å². The zero-order chi connectivity index (χ0) is 12.8. The second-order valence-electron chi connectivity index (χ2n) is 5.90. The van der Waals surface area contributed by atoms with Crippen molar-refractivity contribution in [2.75, 3.05) is 7.11 Å². The van der Waals surface area contributed by atoms with Crippen LogP contribution in [0.3, 0.4) is 0 Å². The van der Waals surface area contributed by atoms with Crippen molar-refractivity contribution in [3.63, 3.8) is 0 Å². The maximum absolute atomic E-state index is 11.4. The lowest BCUT2D eigenvalue weighted by atomic mass is 9.87. The fourth-order valence-electron chi connectivity index (χ4n) is 3.38. The average molecular weight is 252 g/mol. The van der Waals surface area contributed by atoms with Crippen LogP contribution < -0.4 is 0 Å². The molecule has 3 aliphatic heterocycles. The Balaban J connectivity index is 1.88. The molecular formula is C14H20O4. The van der Waals surface area contributed by atoms with Crippen LogP contribution in [0.2, 0.25) is 0 Å². The Morgan fingerprint density at radius 2 is 2.28 bits per heavy atom. The third-order valence-electron chi connectivity index (χ3n) is 4.45. The molecule has 0 amide bonds. The summed E-state index contributed by atoms with van der Waals surface area (Å²) >= 11 is 0. The molecule has 0 saturated carbocycles. The third kappa shape index (κ3) is 1.97. The molecular weight excluding hydrogens is 232 g/mol. The first-order valence-electron chi connectivity index (χ1n) is 6.66. The number of carbonyl (C=O) groups excluding carboxylic acids is 1. The summed E-state index contributed by atoms with van der Waals surface area (Å²) in [4.78, 5) is 11.4. The van der Waals surface area contributed by atoms with E-state index in [1.54, 1.807) is 7.11 Å². The Kier molecular flexibility index (Phi) is 2.75. The molecule has 0 aromatic rings.